The van der Waals surface area contributed by atoms with Gasteiger partial charge in [-0.1, -0.05) is 12.1 Å². The Morgan fingerprint density at radius 2 is 1.88 bits per heavy atom. The van der Waals surface area contributed by atoms with Crippen LogP contribution in [0.2, 0.25) is 0 Å². The second-order valence-corrected chi connectivity index (χ2v) is 7.86. The van der Waals surface area contributed by atoms with E-state index in [0.717, 1.165) is 0 Å². The molecular formula is C15H15N5O3S. The van der Waals surface area contributed by atoms with E-state index >= 15 is 0 Å². The van der Waals surface area contributed by atoms with Crippen LogP contribution in [0.4, 0.5) is 5.82 Å². The molecule has 0 aliphatic carbocycles. The molecule has 0 unspecified atom stereocenters. The van der Waals surface area contributed by atoms with Crippen LogP contribution in [0, 0.1) is 0 Å². The molecule has 0 bridgehead atoms. The molecule has 1 aromatic carbocycles. The van der Waals surface area contributed by atoms with Crippen LogP contribution >= 0.6 is 0 Å². The third-order valence-corrected chi connectivity index (χ3v) is 5.63. The molecule has 0 aliphatic rings. The summed E-state index contributed by atoms with van der Waals surface area (Å²) in [4.78, 5) is 8.72. The summed E-state index contributed by atoms with van der Waals surface area (Å²) in [5.74, 6) is 0.336. The second-order valence-electron chi connectivity index (χ2n) is 5.35. The van der Waals surface area contributed by atoms with Crippen LogP contribution in [0.1, 0.15) is 13.8 Å². The highest BCUT2D eigenvalue weighted by Gasteiger charge is 2.19. The maximum Gasteiger partial charge on any atom is 0.269 e. The van der Waals surface area contributed by atoms with Gasteiger partial charge in [-0.2, -0.15) is 0 Å². The third-order valence-electron chi connectivity index (χ3n) is 3.46. The number of rotatable bonds is 4. The van der Waals surface area contributed by atoms with Crippen molar-refractivity contribution in [3.05, 3.63) is 36.9 Å². The summed E-state index contributed by atoms with van der Waals surface area (Å²) in [7, 11) is -3.32. The Kier molecular flexibility index (Phi) is 4.02. The Bertz CT molecular complexity index is 951. The molecule has 0 fully saturated rings. The fraction of sp³-hybridized carbons (Fsp3) is 0.200. The van der Waals surface area contributed by atoms with E-state index in [-0.39, 0.29) is 22.3 Å². The van der Waals surface area contributed by atoms with Crippen molar-refractivity contribution in [2.24, 2.45) is 0 Å². The molecule has 0 radical (unpaired) electrons. The highest BCUT2D eigenvalue weighted by Crippen LogP contribution is 2.26. The number of anilines is 1. The third kappa shape index (κ3) is 2.85. The number of nitrogens with two attached hydrogens (primary N) is 1. The normalized spacial score (nSPS) is 11.8. The predicted molar refractivity (Wildman–Crippen MR) is 87.5 cm³/mol. The van der Waals surface area contributed by atoms with Crippen LogP contribution in [0.25, 0.3) is 22.8 Å². The number of aromatic nitrogens is 4. The van der Waals surface area contributed by atoms with Gasteiger partial charge in [0.05, 0.1) is 22.0 Å². The number of nitrogens with zero attached hydrogens (tertiary/aromatic N) is 4. The molecule has 124 valence electrons. The fourth-order valence-corrected chi connectivity index (χ4v) is 3.12. The summed E-state index contributed by atoms with van der Waals surface area (Å²) in [6.07, 6.45) is 2.68. The molecule has 0 saturated carbocycles. The molecule has 0 saturated heterocycles. The van der Waals surface area contributed by atoms with Gasteiger partial charge in [-0.15, -0.1) is 10.2 Å². The van der Waals surface area contributed by atoms with Crippen molar-refractivity contribution in [1.82, 2.24) is 20.2 Å². The lowest BCUT2D eigenvalue weighted by atomic mass is 10.1. The molecule has 0 aliphatic heterocycles. The lowest BCUT2D eigenvalue weighted by molar-refractivity contribution is 0.566. The highest BCUT2D eigenvalue weighted by molar-refractivity contribution is 7.92. The van der Waals surface area contributed by atoms with Crippen molar-refractivity contribution in [3.8, 4) is 22.8 Å². The molecule has 3 aromatic rings. The van der Waals surface area contributed by atoms with Crippen molar-refractivity contribution in [2.45, 2.75) is 24.0 Å². The first-order valence-electron chi connectivity index (χ1n) is 7.13. The molecule has 9 heteroatoms. The Hall–Kier alpha value is -2.81. The van der Waals surface area contributed by atoms with Gasteiger partial charge in [-0.25, -0.2) is 18.4 Å². The zero-order valence-electron chi connectivity index (χ0n) is 13.0. The van der Waals surface area contributed by atoms with Gasteiger partial charge in [0.25, 0.3) is 5.89 Å². The minimum absolute atomic E-state index is 0.167. The molecule has 2 heterocycles. The zero-order valence-corrected chi connectivity index (χ0v) is 13.9. The average Bonchev–Trinajstić information content (AvgIpc) is 3.09. The van der Waals surface area contributed by atoms with Gasteiger partial charge in [0, 0.05) is 5.56 Å². The molecule has 0 atom stereocenters. The predicted octanol–water partition coefficient (Wildman–Crippen LogP) is 1.96. The van der Waals surface area contributed by atoms with Gasteiger partial charge in [0.1, 0.15) is 0 Å². The van der Waals surface area contributed by atoms with Crippen LogP contribution in [-0.2, 0) is 9.84 Å². The van der Waals surface area contributed by atoms with Gasteiger partial charge in [-0.3, -0.25) is 0 Å². The largest absolute Gasteiger partial charge is 0.422 e. The van der Waals surface area contributed by atoms with Crippen molar-refractivity contribution in [3.63, 3.8) is 0 Å². The SMILES string of the molecule is CC(C)S(=O)(=O)c1ccc(-c2cnc(N)c(-c3nnco3)n2)cc1. The molecule has 2 aromatic heterocycles. The van der Waals surface area contributed by atoms with E-state index < -0.39 is 15.1 Å². The van der Waals surface area contributed by atoms with E-state index in [0.29, 0.717) is 11.3 Å². The summed E-state index contributed by atoms with van der Waals surface area (Å²) >= 11 is 0. The Morgan fingerprint density at radius 3 is 2.46 bits per heavy atom. The number of hydrogen-bond acceptors (Lipinski definition) is 8. The van der Waals surface area contributed by atoms with Crippen LogP contribution < -0.4 is 5.73 Å². The summed E-state index contributed by atoms with van der Waals surface area (Å²) in [5, 5.41) is 6.88. The smallest absolute Gasteiger partial charge is 0.269 e. The van der Waals surface area contributed by atoms with Crippen molar-refractivity contribution in [1.29, 1.82) is 0 Å². The van der Waals surface area contributed by atoms with Crippen LogP contribution in [0.3, 0.4) is 0 Å². The maximum absolute atomic E-state index is 12.2. The van der Waals surface area contributed by atoms with Crippen molar-refractivity contribution < 1.29 is 12.8 Å². The number of hydrogen-bond donors (Lipinski definition) is 1. The lowest BCUT2D eigenvalue weighted by Crippen LogP contribution is -2.13. The standard InChI is InChI=1S/C15H15N5O3S/c1-9(2)24(21,22)11-5-3-10(4-6-11)12-7-17-14(16)13(19-12)15-20-18-8-23-15/h3-9H,1-2H3,(H2,16,17). The molecule has 8 nitrogen and oxygen atoms in total. The minimum Gasteiger partial charge on any atom is -0.422 e. The van der Waals surface area contributed by atoms with Gasteiger partial charge >= 0.3 is 0 Å². The monoisotopic (exact) mass is 345 g/mol. The average molecular weight is 345 g/mol. The summed E-state index contributed by atoms with van der Waals surface area (Å²) in [6.45, 7) is 3.29. The van der Waals surface area contributed by atoms with E-state index in [2.05, 4.69) is 20.2 Å². The molecular weight excluding hydrogens is 330 g/mol. The molecule has 0 spiro atoms. The van der Waals surface area contributed by atoms with E-state index in [9.17, 15) is 8.42 Å². The van der Waals surface area contributed by atoms with E-state index in [1.54, 1.807) is 38.1 Å². The Morgan fingerprint density at radius 1 is 1.17 bits per heavy atom. The molecule has 24 heavy (non-hydrogen) atoms. The summed E-state index contributed by atoms with van der Waals surface area (Å²) < 4.78 is 29.4. The van der Waals surface area contributed by atoms with Gasteiger partial charge in [0.15, 0.2) is 21.3 Å². The fourth-order valence-electron chi connectivity index (χ4n) is 2.06. The van der Waals surface area contributed by atoms with Crippen molar-refractivity contribution in [2.75, 3.05) is 5.73 Å². The van der Waals surface area contributed by atoms with Crippen LogP contribution in [0.15, 0.2) is 46.2 Å². The molecule has 3 rings (SSSR count). The summed E-state index contributed by atoms with van der Waals surface area (Å²) in [5.41, 5.74) is 7.29. The number of sulfone groups is 1. The number of benzene rings is 1. The maximum atomic E-state index is 12.2. The molecule has 0 amide bonds. The van der Waals surface area contributed by atoms with Crippen LogP contribution in [-0.4, -0.2) is 33.8 Å². The zero-order chi connectivity index (χ0) is 17.3. The van der Waals surface area contributed by atoms with Gasteiger partial charge < -0.3 is 10.2 Å². The Balaban J connectivity index is 2.00. The Labute approximate surface area is 138 Å². The highest BCUT2D eigenvalue weighted by atomic mass is 32.2. The van der Waals surface area contributed by atoms with Gasteiger partial charge in [-0.05, 0) is 26.0 Å². The van der Waals surface area contributed by atoms with Crippen molar-refractivity contribution >= 4 is 15.7 Å². The first-order valence-corrected chi connectivity index (χ1v) is 8.67. The first kappa shape index (κ1) is 16.1. The van der Waals surface area contributed by atoms with E-state index in [1.165, 1.54) is 12.6 Å². The number of nitrogen functional groups attached to an aromatic ring is 1. The first-order chi connectivity index (χ1) is 11.4. The van der Waals surface area contributed by atoms with Crippen LogP contribution in [0.5, 0.6) is 0 Å². The quantitative estimate of drug-likeness (QED) is 0.760. The van der Waals surface area contributed by atoms with Gasteiger partial charge in [0.2, 0.25) is 6.39 Å². The molecule has 2 N–H and O–H groups in total. The minimum atomic E-state index is -3.32. The topological polar surface area (TPSA) is 125 Å². The lowest BCUT2D eigenvalue weighted by Gasteiger charge is -2.09. The van der Waals surface area contributed by atoms with E-state index in [1.807, 2.05) is 0 Å². The summed E-state index contributed by atoms with van der Waals surface area (Å²) in [6, 6.07) is 6.45. The second kappa shape index (κ2) is 6.00. The van der Waals surface area contributed by atoms with E-state index in [4.69, 9.17) is 10.2 Å².